The Hall–Kier alpha value is -1.90. The zero-order valence-corrected chi connectivity index (χ0v) is 11.8. The summed E-state index contributed by atoms with van der Waals surface area (Å²) in [6.45, 7) is 7.27. The molecular weight excluding hydrogens is 240 g/mol. The molecule has 1 aliphatic rings. The van der Waals surface area contributed by atoms with E-state index in [-0.39, 0.29) is 0 Å². The van der Waals surface area contributed by atoms with Gasteiger partial charge in [0, 0.05) is 0 Å². The summed E-state index contributed by atoms with van der Waals surface area (Å²) in [5, 5.41) is 0. The van der Waals surface area contributed by atoms with Crippen molar-refractivity contribution in [1.82, 2.24) is 0 Å². The number of esters is 2. The van der Waals surface area contributed by atoms with E-state index in [9.17, 15) is 9.59 Å². The highest BCUT2D eigenvalue weighted by atomic mass is 16.6. The van der Waals surface area contributed by atoms with Crippen LogP contribution < -0.4 is 0 Å². The van der Waals surface area contributed by atoms with Gasteiger partial charge in [-0.2, -0.15) is 0 Å². The first-order chi connectivity index (χ1) is 9.04. The molecule has 1 aliphatic heterocycles. The van der Waals surface area contributed by atoms with Crippen LogP contribution in [0.3, 0.4) is 0 Å². The molecule has 0 bridgehead atoms. The standard InChI is InChI=1S/C16H20O3/c1-5-9-15(10-6-2)13(17)19-14(18)16(15,11-7-3)12-8-4/h5-12H,1-4H3/b9-5-,10-6+,11-7-,12-8+. The van der Waals surface area contributed by atoms with Crippen molar-refractivity contribution in [3.8, 4) is 0 Å². The summed E-state index contributed by atoms with van der Waals surface area (Å²) in [6.07, 6.45) is 14.0. The van der Waals surface area contributed by atoms with Gasteiger partial charge < -0.3 is 4.74 Å². The van der Waals surface area contributed by atoms with Crippen molar-refractivity contribution in [3.63, 3.8) is 0 Å². The summed E-state index contributed by atoms with van der Waals surface area (Å²) >= 11 is 0. The molecule has 2 atom stereocenters. The molecule has 1 heterocycles. The average Bonchev–Trinajstić information content (AvgIpc) is 2.54. The highest BCUT2D eigenvalue weighted by molar-refractivity contribution is 6.06. The van der Waals surface area contributed by atoms with Gasteiger partial charge in [-0.15, -0.1) is 0 Å². The Morgan fingerprint density at radius 3 is 1.16 bits per heavy atom. The Morgan fingerprint density at radius 2 is 0.947 bits per heavy atom. The van der Waals surface area contributed by atoms with Crippen LogP contribution in [0.15, 0.2) is 48.6 Å². The van der Waals surface area contributed by atoms with E-state index < -0.39 is 22.8 Å². The molecule has 1 fully saturated rings. The molecule has 0 N–H and O–H groups in total. The monoisotopic (exact) mass is 260 g/mol. The van der Waals surface area contributed by atoms with Crippen LogP contribution in [-0.4, -0.2) is 11.9 Å². The highest BCUT2D eigenvalue weighted by Gasteiger charge is 2.63. The van der Waals surface area contributed by atoms with E-state index in [2.05, 4.69) is 0 Å². The zero-order chi connectivity index (χ0) is 14.5. The lowest BCUT2D eigenvalue weighted by atomic mass is 9.63. The van der Waals surface area contributed by atoms with Crippen molar-refractivity contribution in [1.29, 1.82) is 0 Å². The van der Waals surface area contributed by atoms with Crippen LogP contribution in [-0.2, 0) is 14.3 Å². The molecule has 1 saturated heterocycles. The van der Waals surface area contributed by atoms with E-state index in [0.717, 1.165) is 0 Å². The molecule has 0 aliphatic carbocycles. The molecule has 3 heteroatoms. The van der Waals surface area contributed by atoms with Crippen molar-refractivity contribution in [2.75, 3.05) is 0 Å². The number of rotatable bonds is 4. The van der Waals surface area contributed by atoms with Crippen LogP contribution in [0.25, 0.3) is 0 Å². The summed E-state index contributed by atoms with van der Waals surface area (Å²) in [4.78, 5) is 24.5. The second-order valence-electron chi connectivity index (χ2n) is 4.42. The van der Waals surface area contributed by atoms with Crippen LogP contribution >= 0.6 is 0 Å². The Balaban J connectivity index is 3.70. The number of carbonyl (C=O) groups excluding carboxylic acids is 2. The first-order valence-corrected chi connectivity index (χ1v) is 6.36. The summed E-state index contributed by atoms with van der Waals surface area (Å²) < 4.78 is 4.92. The van der Waals surface area contributed by atoms with E-state index in [0.29, 0.717) is 0 Å². The molecule has 0 aromatic heterocycles. The lowest BCUT2D eigenvalue weighted by Gasteiger charge is -2.31. The third-order valence-electron chi connectivity index (χ3n) is 3.26. The van der Waals surface area contributed by atoms with Crippen molar-refractivity contribution in [2.24, 2.45) is 10.8 Å². The van der Waals surface area contributed by atoms with Gasteiger partial charge in [-0.3, -0.25) is 9.59 Å². The number of hydrogen-bond donors (Lipinski definition) is 0. The van der Waals surface area contributed by atoms with Crippen molar-refractivity contribution in [2.45, 2.75) is 27.7 Å². The predicted molar refractivity (Wildman–Crippen MR) is 75.2 cm³/mol. The van der Waals surface area contributed by atoms with Crippen molar-refractivity contribution in [3.05, 3.63) is 48.6 Å². The minimum atomic E-state index is -1.10. The van der Waals surface area contributed by atoms with Gasteiger partial charge in [0.05, 0.1) is 0 Å². The number of ether oxygens (including phenoxy) is 1. The minimum absolute atomic E-state index is 0.537. The maximum absolute atomic E-state index is 12.2. The molecule has 0 radical (unpaired) electrons. The quantitative estimate of drug-likeness (QED) is 0.442. The lowest BCUT2D eigenvalue weighted by Crippen LogP contribution is -2.39. The van der Waals surface area contributed by atoms with E-state index in [1.165, 1.54) is 0 Å². The molecule has 0 saturated carbocycles. The Labute approximate surface area is 114 Å². The van der Waals surface area contributed by atoms with Gasteiger partial charge in [-0.25, -0.2) is 0 Å². The second kappa shape index (κ2) is 5.83. The third kappa shape index (κ3) is 2.09. The van der Waals surface area contributed by atoms with Crippen LogP contribution in [0.4, 0.5) is 0 Å². The molecular formula is C16H20O3. The second-order valence-corrected chi connectivity index (χ2v) is 4.42. The zero-order valence-electron chi connectivity index (χ0n) is 11.8. The smallest absolute Gasteiger partial charge is 0.329 e. The van der Waals surface area contributed by atoms with Crippen LogP contribution in [0.2, 0.25) is 0 Å². The van der Waals surface area contributed by atoms with E-state index >= 15 is 0 Å². The molecule has 1 rings (SSSR count). The third-order valence-corrected chi connectivity index (χ3v) is 3.26. The van der Waals surface area contributed by atoms with Crippen molar-refractivity contribution < 1.29 is 14.3 Å². The Bertz CT molecular complexity index is 410. The van der Waals surface area contributed by atoms with Gasteiger partial charge in [0.25, 0.3) is 0 Å². The fourth-order valence-electron chi connectivity index (χ4n) is 2.58. The maximum atomic E-state index is 12.2. The number of allylic oxidation sites excluding steroid dienone is 4. The summed E-state index contributed by atoms with van der Waals surface area (Å²) in [5.74, 6) is -1.07. The van der Waals surface area contributed by atoms with Gasteiger partial charge in [-0.1, -0.05) is 48.6 Å². The Morgan fingerprint density at radius 1 is 0.684 bits per heavy atom. The molecule has 102 valence electrons. The molecule has 19 heavy (non-hydrogen) atoms. The molecule has 3 nitrogen and oxygen atoms in total. The summed E-state index contributed by atoms with van der Waals surface area (Å²) in [6, 6.07) is 0. The minimum Gasteiger partial charge on any atom is -0.391 e. The molecule has 0 amide bonds. The number of cyclic esters (lactones) is 2. The number of carbonyl (C=O) groups is 2. The summed E-state index contributed by atoms with van der Waals surface area (Å²) in [5.41, 5.74) is -2.21. The van der Waals surface area contributed by atoms with Crippen LogP contribution in [0.5, 0.6) is 0 Å². The van der Waals surface area contributed by atoms with E-state index in [4.69, 9.17) is 4.74 Å². The topological polar surface area (TPSA) is 43.4 Å². The maximum Gasteiger partial charge on any atom is 0.329 e. The van der Waals surface area contributed by atoms with Crippen molar-refractivity contribution >= 4 is 11.9 Å². The van der Waals surface area contributed by atoms with Gasteiger partial charge >= 0.3 is 11.9 Å². The van der Waals surface area contributed by atoms with Gasteiger partial charge in [0.1, 0.15) is 10.8 Å². The average molecular weight is 260 g/mol. The first kappa shape index (κ1) is 15.2. The van der Waals surface area contributed by atoms with Crippen LogP contribution in [0, 0.1) is 10.8 Å². The molecule has 0 aromatic carbocycles. The van der Waals surface area contributed by atoms with E-state index in [1.807, 2.05) is 27.7 Å². The fraction of sp³-hybridized carbons (Fsp3) is 0.375. The van der Waals surface area contributed by atoms with Crippen LogP contribution in [0.1, 0.15) is 27.7 Å². The van der Waals surface area contributed by atoms with Gasteiger partial charge in [-0.05, 0) is 27.7 Å². The largest absolute Gasteiger partial charge is 0.391 e. The lowest BCUT2D eigenvalue weighted by molar-refractivity contribution is -0.154. The highest BCUT2D eigenvalue weighted by Crippen LogP contribution is 2.51. The first-order valence-electron chi connectivity index (χ1n) is 6.36. The van der Waals surface area contributed by atoms with E-state index in [1.54, 1.807) is 48.6 Å². The van der Waals surface area contributed by atoms with Gasteiger partial charge in [0.2, 0.25) is 0 Å². The molecule has 0 spiro atoms. The molecule has 2 unspecified atom stereocenters. The van der Waals surface area contributed by atoms with Gasteiger partial charge in [0.15, 0.2) is 0 Å². The Kier molecular flexibility index (Phi) is 4.65. The SMILES string of the molecule is C/C=C\C1(/C=C/C)C(=O)OC(=O)C1(/C=C\C)/C=C/C. The molecule has 0 aromatic rings. The predicted octanol–water partition coefficient (Wildman–Crippen LogP) is 3.35. The fourth-order valence-corrected chi connectivity index (χ4v) is 2.58. The normalized spacial score (nSPS) is 32.4. The number of hydrogen-bond acceptors (Lipinski definition) is 3. The summed E-state index contributed by atoms with van der Waals surface area (Å²) in [7, 11) is 0.